The number of nitrogens with one attached hydrogen (secondary N) is 2. The van der Waals surface area contributed by atoms with Gasteiger partial charge in [-0.15, -0.1) is 0 Å². The van der Waals surface area contributed by atoms with Gasteiger partial charge in [-0.25, -0.2) is 16.8 Å². The minimum Gasteiger partial charge on any atom is -0.322 e. The molecule has 0 aliphatic carbocycles. The number of hydrogen-bond acceptors (Lipinski definition) is 5. The summed E-state index contributed by atoms with van der Waals surface area (Å²) < 4.78 is 55.5. The molecule has 0 spiro atoms. The number of rotatable bonds is 7. The Hall–Kier alpha value is -2.34. The van der Waals surface area contributed by atoms with Gasteiger partial charge in [0.2, 0.25) is 10.0 Å². The standard InChI is InChI=1S/C25H24Cl3N3O5S2/c1-16-10-12-31(13-11-16)38(35,36)20-7-8-22(27)21(15-20)25(32)29-18-3-5-19(6-4-18)37(33,34)30-24-9-2-17(26)14-23(24)28/h2-9,14-16,30H,10-13H2,1H3,(H,29,32). The van der Waals surface area contributed by atoms with Gasteiger partial charge in [-0.3, -0.25) is 9.52 Å². The number of carbonyl (C=O) groups excluding carboxylic acids is 1. The summed E-state index contributed by atoms with van der Waals surface area (Å²) in [6.45, 7) is 2.92. The first-order chi connectivity index (χ1) is 17.9. The summed E-state index contributed by atoms with van der Waals surface area (Å²) in [5.74, 6) is -0.179. The zero-order chi connectivity index (χ0) is 27.7. The molecule has 13 heteroatoms. The molecule has 1 fully saturated rings. The van der Waals surface area contributed by atoms with E-state index < -0.39 is 26.0 Å². The second-order valence-corrected chi connectivity index (χ2v) is 13.8. The van der Waals surface area contributed by atoms with Crippen molar-refractivity contribution in [2.75, 3.05) is 23.1 Å². The Labute approximate surface area is 237 Å². The van der Waals surface area contributed by atoms with E-state index in [-0.39, 0.29) is 36.8 Å². The van der Waals surface area contributed by atoms with Crippen LogP contribution in [0.2, 0.25) is 15.1 Å². The van der Waals surface area contributed by atoms with Gasteiger partial charge in [0, 0.05) is 23.8 Å². The zero-order valence-electron chi connectivity index (χ0n) is 20.1. The summed E-state index contributed by atoms with van der Waals surface area (Å²) in [6, 6.07) is 13.8. The molecule has 4 rings (SSSR count). The van der Waals surface area contributed by atoms with Crippen LogP contribution in [0, 0.1) is 5.92 Å². The third-order valence-electron chi connectivity index (χ3n) is 6.16. The number of benzene rings is 3. The molecule has 1 saturated heterocycles. The highest BCUT2D eigenvalue weighted by atomic mass is 35.5. The molecule has 3 aromatic rings. The van der Waals surface area contributed by atoms with E-state index in [0.717, 1.165) is 12.8 Å². The van der Waals surface area contributed by atoms with Crippen molar-refractivity contribution in [2.24, 2.45) is 5.92 Å². The largest absolute Gasteiger partial charge is 0.322 e. The zero-order valence-corrected chi connectivity index (χ0v) is 24.0. The summed E-state index contributed by atoms with van der Waals surface area (Å²) in [7, 11) is -7.75. The average molecular weight is 617 g/mol. The van der Waals surface area contributed by atoms with Gasteiger partial charge < -0.3 is 5.32 Å². The van der Waals surface area contributed by atoms with Crippen molar-refractivity contribution in [2.45, 2.75) is 29.6 Å². The van der Waals surface area contributed by atoms with Crippen molar-refractivity contribution < 1.29 is 21.6 Å². The van der Waals surface area contributed by atoms with Crippen molar-refractivity contribution in [3.63, 3.8) is 0 Å². The van der Waals surface area contributed by atoms with E-state index in [9.17, 15) is 21.6 Å². The normalized spacial score (nSPS) is 15.3. The van der Waals surface area contributed by atoms with E-state index in [4.69, 9.17) is 34.8 Å². The summed E-state index contributed by atoms with van der Waals surface area (Å²) >= 11 is 18.1. The quantitative estimate of drug-likeness (QED) is 0.332. The number of carbonyl (C=O) groups is 1. The van der Waals surface area contributed by atoms with Crippen LogP contribution in [0.4, 0.5) is 11.4 Å². The van der Waals surface area contributed by atoms with E-state index in [0.29, 0.717) is 24.0 Å². The third kappa shape index (κ3) is 6.44. The first-order valence-electron chi connectivity index (χ1n) is 11.6. The topological polar surface area (TPSA) is 113 Å². The van der Waals surface area contributed by atoms with Gasteiger partial charge in [-0.1, -0.05) is 41.7 Å². The van der Waals surface area contributed by atoms with E-state index in [1.165, 1.54) is 65.0 Å². The fourth-order valence-corrected chi connectivity index (χ4v) is 7.20. The Morgan fingerprint density at radius 1 is 0.842 bits per heavy atom. The Morgan fingerprint density at radius 3 is 2.11 bits per heavy atom. The van der Waals surface area contributed by atoms with Gasteiger partial charge >= 0.3 is 0 Å². The summed E-state index contributed by atoms with van der Waals surface area (Å²) in [4.78, 5) is 12.9. The van der Waals surface area contributed by atoms with Gasteiger partial charge in [0.15, 0.2) is 0 Å². The molecule has 0 unspecified atom stereocenters. The lowest BCUT2D eigenvalue weighted by Crippen LogP contribution is -2.37. The second-order valence-electron chi connectivity index (χ2n) is 8.94. The number of amides is 1. The Morgan fingerprint density at radius 2 is 1.47 bits per heavy atom. The van der Waals surface area contributed by atoms with Gasteiger partial charge in [-0.2, -0.15) is 4.31 Å². The maximum atomic E-state index is 13.1. The van der Waals surface area contributed by atoms with Crippen LogP contribution in [0.15, 0.2) is 70.5 Å². The van der Waals surface area contributed by atoms with Crippen LogP contribution in [0.5, 0.6) is 0 Å². The molecule has 3 aromatic carbocycles. The Kier molecular flexibility index (Phi) is 8.61. The third-order valence-corrected chi connectivity index (χ3v) is 10.3. The van der Waals surface area contributed by atoms with Crippen LogP contribution >= 0.6 is 34.8 Å². The van der Waals surface area contributed by atoms with Crippen LogP contribution < -0.4 is 10.0 Å². The molecule has 0 aromatic heterocycles. The van der Waals surface area contributed by atoms with E-state index in [1.807, 2.05) is 0 Å². The van der Waals surface area contributed by atoms with Gasteiger partial charge in [-0.05, 0) is 79.4 Å². The lowest BCUT2D eigenvalue weighted by molar-refractivity contribution is 0.102. The lowest BCUT2D eigenvalue weighted by atomic mass is 10.0. The van der Waals surface area contributed by atoms with E-state index in [1.54, 1.807) is 0 Å². The maximum absolute atomic E-state index is 13.1. The molecule has 0 radical (unpaired) electrons. The second kappa shape index (κ2) is 11.4. The fourth-order valence-electron chi connectivity index (χ4n) is 3.90. The molecule has 0 bridgehead atoms. The van der Waals surface area contributed by atoms with Crippen LogP contribution in [-0.2, 0) is 20.0 Å². The Bertz CT molecular complexity index is 1570. The van der Waals surface area contributed by atoms with Crippen LogP contribution in [0.1, 0.15) is 30.1 Å². The molecular formula is C25H24Cl3N3O5S2. The van der Waals surface area contributed by atoms with Gasteiger partial charge in [0.25, 0.3) is 15.9 Å². The number of anilines is 2. The molecule has 1 amide bonds. The maximum Gasteiger partial charge on any atom is 0.261 e. The molecule has 0 saturated carbocycles. The summed E-state index contributed by atoms with van der Waals surface area (Å²) in [6.07, 6.45) is 1.54. The predicted molar refractivity (Wildman–Crippen MR) is 150 cm³/mol. The van der Waals surface area contributed by atoms with Crippen molar-refractivity contribution in [3.05, 3.63) is 81.3 Å². The van der Waals surface area contributed by atoms with Crippen molar-refractivity contribution >= 4 is 72.1 Å². The van der Waals surface area contributed by atoms with E-state index in [2.05, 4.69) is 17.0 Å². The highest BCUT2D eigenvalue weighted by Gasteiger charge is 2.29. The summed E-state index contributed by atoms with van der Waals surface area (Å²) in [5, 5.41) is 3.21. The Balaban J connectivity index is 1.50. The SMILES string of the molecule is CC1CCN(S(=O)(=O)c2ccc(Cl)c(C(=O)Nc3ccc(S(=O)(=O)Nc4ccc(Cl)cc4Cl)cc3)c2)CC1. The molecular weight excluding hydrogens is 593 g/mol. The van der Waals surface area contributed by atoms with Crippen molar-refractivity contribution in [1.82, 2.24) is 4.31 Å². The minimum atomic E-state index is -3.97. The molecule has 202 valence electrons. The highest BCUT2D eigenvalue weighted by molar-refractivity contribution is 7.92. The van der Waals surface area contributed by atoms with Crippen molar-refractivity contribution in [1.29, 1.82) is 0 Å². The predicted octanol–water partition coefficient (Wildman–Crippen LogP) is 6.12. The minimum absolute atomic E-state index is 0.0185. The van der Waals surface area contributed by atoms with Crippen LogP contribution in [-0.4, -0.2) is 40.1 Å². The molecule has 38 heavy (non-hydrogen) atoms. The number of nitrogens with zero attached hydrogens (tertiary/aromatic N) is 1. The first kappa shape index (κ1) is 28.7. The van der Waals surface area contributed by atoms with Crippen LogP contribution in [0.25, 0.3) is 0 Å². The lowest BCUT2D eigenvalue weighted by Gasteiger charge is -2.29. The molecule has 1 aliphatic rings. The average Bonchev–Trinajstić information content (AvgIpc) is 2.86. The smallest absolute Gasteiger partial charge is 0.261 e. The molecule has 1 heterocycles. The molecule has 1 aliphatic heterocycles. The molecule has 8 nitrogen and oxygen atoms in total. The number of halogens is 3. The van der Waals surface area contributed by atoms with Crippen LogP contribution in [0.3, 0.4) is 0 Å². The van der Waals surface area contributed by atoms with Crippen molar-refractivity contribution in [3.8, 4) is 0 Å². The van der Waals surface area contributed by atoms with Gasteiger partial charge in [0.05, 0.1) is 31.1 Å². The molecule has 0 atom stereocenters. The summed E-state index contributed by atoms with van der Waals surface area (Å²) in [5.41, 5.74) is 0.429. The van der Waals surface area contributed by atoms with Gasteiger partial charge in [0.1, 0.15) is 0 Å². The first-order valence-corrected chi connectivity index (χ1v) is 15.6. The number of hydrogen-bond donors (Lipinski definition) is 2. The van der Waals surface area contributed by atoms with E-state index >= 15 is 0 Å². The fraction of sp³-hybridized carbons (Fsp3) is 0.240. The number of piperidine rings is 1. The monoisotopic (exact) mass is 615 g/mol. The molecule has 2 N–H and O–H groups in total. The number of sulfonamides is 2. The highest BCUT2D eigenvalue weighted by Crippen LogP contribution is 2.29.